The number of esters is 1. The number of nitrogens with zero attached hydrogens (tertiary/aromatic N) is 2. The molecule has 0 radical (unpaired) electrons. The number of hydrogen-bond acceptors (Lipinski definition) is 6. The van der Waals surface area contributed by atoms with Crippen LogP contribution in [0.3, 0.4) is 0 Å². The minimum atomic E-state index is -5.20. The average Bonchev–Trinajstić information content (AvgIpc) is 3.42. The molecule has 1 aliphatic carbocycles. The van der Waals surface area contributed by atoms with Gasteiger partial charge in [0.25, 0.3) is 5.91 Å². The van der Waals surface area contributed by atoms with Crippen LogP contribution in [0.15, 0.2) is 24.2 Å². The number of carbonyl (C=O) groups is 2. The van der Waals surface area contributed by atoms with Gasteiger partial charge >= 0.3 is 12.1 Å². The Balaban J connectivity index is 1.88. The molecule has 1 fully saturated rings. The number of hydrogen-bond donors (Lipinski definition) is 1. The first-order chi connectivity index (χ1) is 12.8. The van der Waals surface area contributed by atoms with E-state index in [1.54, 1.807) is 0 Å². The molecule has 1 atom stereocenters. The molecule has 1 aromatic heterocycles. The molecule has 0 spiro atoms. The van der Waals surface area contributed by atoms with E-state index in [-0.39, 0.29) is 48.1 Å². The fourth-order valence-electron chi connectivity index (χ4n) is 2.61. The zero-order chi connectivity index (χ0) is 19.8. The van der Waals surface area contributed by atoms with Gasteiger partial charge in [0, 0.05) is 36.0 Å². The lowest BCUT2D eigenvalue weighted by Gasteiger charge is -2.25. The van der Waals surface area contributed by atoms with E-state index in [1.807, 2.05) is 0 Å². The third-order valence-corrected chi connectivity index (χ3v) is 4.11. The lowest BCUT2D eigenvalue weighted by molar-refractivity contribution is -0.211. The van der Waals surface area contributed by atoms with E-state index in [1.165, 1.54) is 6.07 Å². The molecule has 146 valence electrons. The molecule has 1 saturated carbocycles. The van der Waals surface area contributed by atoms with Crippen LogP contribution in [0.5, 0.6) is 5.88 Å². The summed E-state index contributed by atoms with van der Waals surface area (Å²) in [5.74, 6) is -3.04. The van der Waals surface area contributed by atoms with Crippen LogP contribution in [0.4, 0.5) is 17.6 Å². The Morgan fingerprint density at radius 2 is 2.11 bits per heavy atom. The Morgan fingerprint density at radius 3 is 2.67 bits per heavy atom. The van der Waals surface area contributed by atoms with Crippen molar-refractivity contribution < 1.29 is 36.6 Å². The highest BCUT2D eigenvalue weighted by atomic mass is 19.4. The Morgan fingerprint density at radius 1 is 1.41 bits per heavy atom. The van der Waals surface area contributed by atoms with E-state index in [0.29, 0.717) is 12.8 Å². The molecule has 0 bridgehead atoms. The Labute approximate surface area is 150 Å². The van der Waals surface area contributed by atoms with Gasteiger partial charge in [0.2, 0.25) is 12.1 Å². The fraction of sp³-hybridized carbons (Fsp3) is 0.438. The predicted octanol–water partition coefficient (Wildman–Crippen LogP) is 1.99. The van der Waals surface area contributed by atoms with Gasteiger partial charge in [0.15, 0.2) is 0 Å². The molecule has 0 aromatic carbocycles. The molecule has 1 amide bonds. The molecule has 11 heteroatoms. The van der Waals surface area contributed by atoms with Crippen LogP contribution in [-0.2, 0) is 9.53 Å². The summed E-state index contributed by atoms with van der Waals surface area (Å²) >= 11 is 0. The Bertz CT molecular complexity index is 792. The van der Waals surface area contributed by atoms with E-state index in [0.717, 1.165) is 11.1 Å². The highest BCUT2D eigenvalue weighted by molar-refractivity contribution is 5.99. The molecule has 2 N–H and O–H groups in total. The molecule has 2 aliphatic rings. The number of halogens is 4. The summed E-state index contributed by atoms with van der Waals surface area (Å²) in [4.78, 5) is 28.8. The van der Waals surface area contributed by atoms with E-state index in [9.17, 15) is 27.2 Å². The lowest BCUT2D eigenvalue weighted by Crippen LogP contribution is -2.36. The number of pyridine rings is 1. The monoisotopic (exact) mass is 389 g/mol. The minimum Gasteiger partial charge on any atom is -0.473 e. The van der Waals surface area contributed by atoms with Crippen LogP contribution in [-0.4, -0.2) is 47.1 Å². The number of fused-ring (bicyclic) bond motifs is 1. The van der Waals surface area contributed by atoms with Gasteiger partial charge in [-0.1, -0.05) is 0 Å². The van der Waals surface area contributed by atoms with Gasteiger partial charge in [-0.25, -0.2) is 14.2 Å². The third-order valence-electron chi connectivity index (χ3n) is 4.11. The summed E-state index contributed by atoms with van der Waals surface area (Å²) in [7, 11) is 0. The van der Waals surface area contributed by atoms with Crippen LogP contribution >= 0.6 is 0 Å². The number of alkyl halides is 3. The van der Waals surface area contributed by atoms with Gasteiger partial charge in [-0.2, -0.15) is 13.2 Å². The second-order valence-electron chi connectivity index (χ2n) is 6.07. The summed E-state index contributed by atoms with van der Waals surface area (Å²) in [6.45, 7) is -0.326. The molecular weight excluding hydrogens is 374 g/mol. The first kappa shape index (κ1) is 19.1. The number of rotatable bonds is 6. The van der Waals surface area contributed by atoms with Crippen LogP contribution < -0.4 is 10.5 Å². The van der Waals surface area contributed by atoms with Crippen molar-refractivity contribution in [1.29, 1.82) is 0 Å². The van der Waals surface area contributed by atoms with Crippen molar-refractivity contribution in [1.82, 2.24) is 9.88 Å². The van der Waals surface area contributed by atoms with E-state index in [4.69, 9.17) is 10.5 Å². The normalized spacial score (nSPS) is 19.9. The maximum Gasteiger partial charge on any atom is 0.491 e. The van der Waals surface area contributed by atoms with Gasteiger partial charge in [-0.15, -0.1) is 0 Å². The molecule has 2 heterocycles. The van der Waals surface area contributed by atoms with Crippen molar-refractivity contribution in [3.05, 3.63) is 35.3 Å². The van der Waals surface area contributed by atoms with Crippen LogP contribution in [0.1, 0.15) is 35.0 Å². The molecule has 3 rings (SSSR count). The molecule has 1 unspecified atom stereocenters. The van der Waals surface area contributed by atoms with Crippen molar-refractivity contribution in [2.75, 3.05) is 13.2 Å². The third kappa shape index (κ3) is 3.87. The summed E-state index contributed by atoms with van der Waals surface area (Å²) < 4.78 is 60.2. The Kier molecular flexibility index (Phi) is 5.05. The number of aromatic nitrogens is 1. The first-order valence-corrected chi connectivity index (χ1v) is 7.97. The van der Waals surface area contributed by atoms with Gasteiger partial charge in [-0.05, 0) is 12.8 Å². The number of ether oxygens (including phenoxy) is 2. The first-order valence-electron chi connectivity index (χ1n) is 7.97. The number of nitrogens with two attached hydrogens (primary N) is 1. The largest absolute Gasteiger partial charge is 0.491 e. The van der Waals surface area contributed by atoms with Gasteiger partial charge in [-0.3, -0.25) is 9.69 Å². The smallest absolute Gasteiger partial charge is 0.473 e. The van der Waals surface area contributed by atoms with E-state index in [2.05, 4.69) is 9.72 Å². The molecular formula is C16H15F4N3O4. The van der Waals surface area contributed by atoms with Gasteiger partial charge in [0.1, 0.15) is 6.61 Å². The van der Waals surface area contributed by atoms with Crippen LogP contribution in [0.2, 0.25) is 0 Å². The topological polar surface area (TPSA) is 94.8 Å². The summed E-state index contributed by atoms with van der Waals surface area (Å²) in [5.41, 5.74) is 5.50. The zero-order valence-corrected chi connectivity index (χ0v) is 13.8. The number of carbonyl (C=O) groups excluding carboxylic acids is 2. The quantitative estimate of drug-likeness (QED) is 0.591. The van der Waals surface area contributed by atoms with Crippen LogP contribution in [0, 0.1) is 0 Å². The predicted molar refractivity (Wildman–Crippen MR) is 82.1 cm³/mol. The second kappa shape index (κ2) is 7.14. The summed E-state index contributed by atoms with van der Waals surface area (Å²) in [6.07, 6.45) is -4.12. The molecule has 1 aromatic rings. The van der Waals surface area contributed by atoms with Crippen molar-refractivity contribution in [3.8, 4) is 5.88 Å². The summed E-state index contributed by atoms with van der Waals surface area (Å²) in [6, 6.07) is 0.898. The van der Waals surface area contributed by atoms with Crippen molar-refractivity contribution in [2.45, 2.75) is 31.3 Å². The van der Waals surface area contributed by atoms with Crippen LogP contribution in [0.25, 0.3) is 0 Å². The molecule has 0 saturated heterocycles. The molecule has 1 aliphatic heterocycles. The highest BCUT2D eigenvalue weighted by Gasteiger charge is 2.50. The van der Waals surface area contributed by atoms with E-state index < -0.39 is 24.3 Å². The van der Waals surface area contributed by atoms with Crippen molar-refractivity contribution in [3.63, 3.8) is 0 Å². The van der Waals surface area contributed by atoms with E-state index >= 15 is 0 Å². The zero-order valence-electron chi connectivity index (χ0n) is 13.8. The SMILES string of the molecule is NC/C(=C/F)COc1cc2c(cn1)C(=O)N(C1CC1)C2OC(=O)C(F)(F)F. The highest BCUT2D eigenvalue weighted by Crippen LogP contribution is 2.43. The lowest BCUT2D eigenvalue weighted by atomic mass is 10.1. The average molecular weight is 389 g/mol. The maximum atomic E-state index is 12.6. The van der Waals surface area contributed by atoms with Gasteiger partial charge in [0.05, 0.1) is 11.9 Å². The standard InChI is InChI=1S/C16H15F4N3O4/c17-4-8(5-21)7-26-12-3-10-11(6-22-12)13(24)23(9-1-2-9)14(10)27-15(25)16(18,19)20/h3-4,6,9,14H,1-2,5,7,21H2/b8-4-. The number of amides is 1. The molecule has 7 nitrogen and oxygen atoms in total. The summed E-state index contributed by atoms with van der Waals surface area (Å²) in [5, 5.41) is 0. The Hall–Kier alpha value is -2.69. The van der Waals surface area contributed by atoms with Gasteiger partial charge < -0.3 is 15.2 Å². The van der Waals surface area contributed by atoms with Crippen molar-refractivity contribution in [2.24, 2.45) is 5.73 Å². The maximum absolute atomic E-state index is 12.6. The second-order valence-corrected chi connectivity index (χ2v) is 6.07. The minimum absolute atomic E-state index is 0.0225. The fourth-order valence-corrected chi connectivity index (χ4v) is 2.61. The van der Waals surface area contributed by atoms with Crippen molar-refractivity contribution >= 4 is 11.9 Å². The molecule has 27 heavy (non-hydrogen) atoms.